The van der Waals surface area contributed by atoms with Crippen molar-refractivity contribution in [2.45, 2.75) is 171 Å². The van der Waals surface area contributed by atoms with Gasteiger partial charge in [0.05, 0.1) is 5.69 Å². The third-order valence-electron chi connectivity index (χ3n) is 21.3. The van der Waals surface area contributed by atoms with Crippen molar-refractivity contribution < 1.29 is 18.9 Å². The lowest BCUT2D eigenvalue weighted by Gasteiger charge is -2.44. The summed E-state index contributed by atoms with van der Waals surface area (Å²) in [6.07, 6.45) is 1.95. The number of aryl methyl sites for hydroxylation is 4. The summed E-state index contributed by atoms with van der Waals surface area (Å²) in [5.74, 6) is 7.01. The molecule has 6 aliphatic rings. The van der Waals surface area contributed by atoms with Gasteiger partial charge in [-0.25, -0.2) is 0 Å². The molecule has 0 saturated carbocycles. The smallest absolute Gasteiger partial charge is 0.260 e. The highest BCUT2D eigenvalue weighted by molar-refractivity contribution is 7.03. The van der Waals surface area contributed by atoms with E-state index in [1.165, 1.54) is 83.0 Å². The Morgan fingerprint density at radius 2 is 0.685 bits per heavy atom. The van der Waals surface area contributed by atoms with Gasteiger partial charge in [-0.3, -0.25) is 0 Å². The van der Waals surface area contributed by atoms with Gasteiger partial charge < -0.3 is 28.7 Å². The fourth-order valence-corrected chi connectivity index (χ4v) is 15.4. The van der Waals surface area contributed by atoms with Crippen LogP contribution in [0.3, 0.4) is 0 Å². The molecule has 15 rings (SSSR count). The summed E-state index contributed by atoms with van der Waals surface area (Å²) in [6.45, 7) is 43.2. The summed E-state index contributed by atoms with van der Waals surface area (Å²) in [7, 11) is 0. The van der Waals surface area contributed by atoms with Crippen molar-refractivity contribution >= 4 is 103 Å². The number of rotatable bonds is 6. The molecule has 0 spiro atoms. The van der Waals surface area contributed by atoms with Crippen molar-refractivity contribution in [3.05, 3.63) is 184 Å². The summed E-state index contributed by atoms with van der Waals surface area (Å²) in [5, 5.41) is 0. The van der Waals surface area contributed by atoms with Gasteiger partial charge in [-0.15, -0.1) is 0 Å². The van der Waals surface area contributed by atoms with Crippen LogP contribution in [0.25, 0.3) is 0 Å². The van der Waals surface area contributed by atoms with E-state index in [1.807, 2.05) is 0 Å². The van der Waals surface area contributed by atoms with Crippen molar-refractivity contribution in [1.29, 1.82) is 0 Å². The minimum atomic E-state index is -0.248. The highest BCUT2D eigenvalue weighted by atomic mass is 16.5. The highest BCUT2D eigenvalue weighted by Gasteiger charge is 2.50. The highest BCUT2D eigenvalue weighted by Crippen LogP contribution is 2.50. The Balaban J connectivity index is 1.03. The van der Waals surface area contributed by atoms with Crippen LogP contribution >= 0.6 is 0 Å². The van der Waals surface area contributed by atoms with E-state index in [0.29, 0.717) is 0 Å². The predicted octanol–water partition coefficient (Wildman–Crippen LogP) is 15.7. The number of fused-ring (bicyclic) bond motifs is 12. The molecule has 0 radical (unpaired) electrons. The Bertz CT molecular complexity index is 4530. The number of nitrogens with zero attached hydrogens (tertiary/aromatic N) is 2. The topological polar surface area (TPSA) is 43.4 Å². The maximum Gasteiger partial charge on any atom is 0.260 e. The van der Waals surface area contributed by atoms with Crippen LogP contribution in [0.4, 0.5) is 34.1 Å². The van der Waals surface area contributed by atoms with Crippen LogP contribution in [0.5, 0.6) is 46.0 Å². The first kappa shape index (κ1) is 57.4. The minimum absolute atomic E-state index is 0.0199. The van der Waals surface area contributed by atoms with Crippen LogP contribution in [0, 0.1) is 27.7 Å². The van der Waals surface area contributed by atoms with Crippen molar-refractivity contribution in [3.8, 4) is 46.0 Å². The molecule has 9 aromatic rings. The van der Waals surface area contributed by atoms with Gasteiger partial charge >= 0.3 is 0 Å². The van der Waals surface area contributed by atoms with E-state index < -0.39 is 0 Å². The molecule has 0 amide bonds. The quantitative estimate of drug-likeness (QED) is 0.155. The maximum absolute atomic E-state index is 7.49. The van der Waals surface area contributed by atoms with E-state index in [4.69, 9.17) is 18.9 Å². The molecule has 6 heterocycles. The number of ether oxygens (including phenoxy) is 4. The zero-order valence-electron chi connectivity index (χ0n) is 55.9. The monoisotopic (exact) mass is 1170 g/mol. The minimum Gasteiger partial charge on any atom is -0.458 e. The van der Waals surface area contributed by atoms with Gasteiger partial charge in [-0.1, -0.05) is 170 Å². The van der Waals surface area contributed by atoms with Crippen LogP contribution in [0.1, 0.15) is 167 Å². The third kappa shape index (κ3) is 8.73. The molecule has 0 fully saturated rings. The van der Waals surface area contributed by atoms with Gasteiger partial charge in [-0.05, 0) is 216 Å². The molecule has 9 aromatic carbocycles. The van der Waals surface area contributed by atoms with Gasteiger partial charge in [0.2, 0.25) is 0 Å². The number of hydrogen-bond donors (Lipinski definition) is 0. The first-order chi connectivity index (χ1) is 42.0. The lowest BCUT2D eigenvalue weighted by molar-refractivity contribution is 0.464. The molecule has 0 unspecified atom stereocenters. The van der Waals surface area contributed by atoms with E-state index in [0.717, 1.165) is 109 Å². The predicted molar refractivity (Wildman–Crippen MR) is 378 cm³/mol. The Kier molecular flexibility index (Phi) is 12.4. The Labute approximate surface area is 530 Å². The summed E-state index contributed by atoms with van der Waals surface area (Å²) in [6, 6.07) is 51.8. The molecule has 6 nitrogen and oxygen atoms in total. The Morgan fingerprint density at radius 3 is 1.12 bits per heavy atom. The van der Waals surface area contributed by atoms with Gasteiger partial charge in [0.1, 0.15) is 46.0 Å². The Hall–Kier alpha value is -8.03. The van der Waals surface area contributed by atoms with Crippen LogP contribution in [-0.2, 0) is 27.1 Å². The first-order valence-electron chi connectivity index (χ1n) is 32.7. The van der Waals surface area contributed by atoms with Crippen molar-refractivity contribution in [2.75, 3.05) is 9.80 Å². The number of benzene rings is 9. The molecule has 0 saturated heterocycles. The average Bonchev–Trinajstić information content (AvgIpc) is 0.702. The zero-order valence-corrected chi connectivity index (χ0v) is 55.9. The van der Waals surface area contributed by atoms with E-state index in [-0.39, 0.29) is 47.2 Å². The fraction of sp³-hybridized carbons (Fsp3) is 0.325. The number of hydrogen-bond acceptors (Lipinski definition) is 6. The standard InChI is InChI=1S/C80H83B3N2O4/c1-20-79(16,17)51-36-62-72-70(38-51)86-64-28-24-49(77(10,11)12)34-56(64)81(72)54-40-58-66(42-60(54)84(62)53-26-22-48(23-27-53)76(7,8)9)88-68-32-45(4)33-69-74(68)83(58)59-41-55-61(43-67(59)89-69)85(75-46(5)30-44(3)31-47(75)6)63-37-52(80(18,19)21-2)39-71-73(63)82(55)57-35-50(78(13,14)15)25-29-65(57)87-71/h22-43H,20-21H2,1-19H3. The molecule has 0 aromatic heterocycles. The van der Waals surface area contributed by atoms with Crippen molar-refractivity contribution in [1.82, 2.24) is 0 Å². The SMILES string of the molecule is CCC(C)(C)c1cc2c3c(c1)N(c1ccc(C(C)(C)C)cc1)c1cc4c(cc1B3c1cc(C(C)(C)C)ccc1O2)B1c2cc3c(cc2Oc2cc(C)cc(c21)O4)N(c1c(C)cc(C)cc1C)c1cc(C(C)(C)CC)cc2c1B3c1cc(C(C)(C)C)ccc1O2. The first-order valence-corrected chi connectivity index (χ1v) is 32.7. The summed E-state index contributed by atoms with van der Waals surface area (Å²) in [4.78, 5) is 5.09. The van der Waals surface area contributed by atoms with Crippen LogP contribution in [-0.4, -0.2) is 20.1 Å². The van der Waals surface area contributed by atoms with E-state index >= 15 is 0 Å². The van der Waals surface area contributed by atoms with Gasteiger partial charge in [0.15, 0.2) is 0 Å². The Morgan fingerprint density at radius 1 is 0.315 bits per heavy atom. The summed E-state index contributed by atoms with van der Waals surface area (Å²) in [5.41, 5.74) is 28.0. The largest absolute Gasteiger partial charge is 0.458 e. The van der Waals surface area contributed by atoms with Crippen LogP contribution in [0.15, 0.2) is 133 Å². The lowest BCUT2D eigenvalue weighted by atomic mass is 9.30. The normalized spacial score (nSPS) is 14.8. The summed E-state index contributed by atoms with van der Waals surface area (Å²) >= 11 is 0. The zero-order chi connectivity index (χ0) is 62.7. The molecule has 446 valence electrons. The lowest BCUT2D eigenvalue weighted by Crippen LogP contribution is -2.64. The van der Waals surface area contributed by atoms with E-state index in [2.05, 4.69) is 275 Å². The number of anilines is 6. The molecule has 0 N–H and O–H groups in total. The van der Waals surface area contributed by atoms with Crippen LogP contribution in [0.2, 0.25) is 0 Å². The van der Waals surface area contributed by atoms with Crippen molar-refractivity contribution in [3.63, 3.8) is 0 Å². The van der Waals surface area contributed by atoms with E-state index in [1.54, 1.807) is 0 Å². The second kappa shape index (κ2) is 19.2. The third-order valence-corrected chi connectivity index (χ3v) is 21.3. The second-order valence-electron chi connectivity index (χ2n) is 31.3. The second-order valence-corrected chi connectivity index (χ2v) is 31.3. The maximum atomic E-state index is 7.49. The fourth-order valence-electron chi connectivity index (χ4n) is 15.4. The van der Waals surface area contributed by atoms with Gasteiger partial charge in [0, 0.05) is 46.0 Å². The molecule has 0 atom stereocenters. The van der Waals surface area contributed by atoms with Crippen molar-refractivity contribution in [2.24, 2.45) is 0 Å². The molecule has 6 aliphatic heterocycles. The molecule has 0 bridgehead atoms. The van der Waals surface area contributed by atoms with E-state index in [9.17, 15) is 0 Å². The average molecular weight is 1170 g/mol. The van der Waals surface area contributed by atoms with Gasteiger partial charge in [-0.2, -0.15) is 0 Å². The summed E-state index contributed by atoms with van der Waals surface area (Å²) < 4.78 is 29.6. The molecule has 0 aliphatic carbocycles. The molecular formula is C80H83B3N2O4. The molecule has 9 heteroatoms. The molecular weight excluding hydrogens is 1090 g/mol. The van der Waals surface area contributed by atoms with Crippen LogP contribution < -0.4 is 77.9 Å². The van der Waals surface area contributed by atoms with Gasteiger partial charge in [0.25, 0.3) is 20.1 Å². The molecule has 89 heavy (non-hydrogen) atoms.